The number of nitro benzene ring substituents is 1. The van der Waals surface area contributed by atoms with E-state index in [1.807, 2.05) is 36.1 Å². The van der Waals surface area contributed by atoms with Crippen LogP contribution in [0.15, 0.2) is 54.6 Å². The molecule has 0 atom stereocenters. The van der Waals surface area contributed by atoms with E-state index in [9.17, 15) is 19.7 Å². The van der Waals surface area contributed by atoms with E-state index >= 15 is 0 Å². The van der Waals surface area contributed by atoms with Gasteiger partial charge in [0.05, 0.1) is 17.0 Å². The van der Waals surface area contributed by atoms with Crippen molar-refractivity contribution in [1.82, 2.24) is 9.80 Å². The van der Waals surface area contributed by atoms with Crippen LogP contribution < -0.4 is 5.32 Å². The van der Waals surface area contributed by atoms with Gasteiger partial charge in [0.25, 0.3) is 5.69 Å². The summed E-state index contributed by atoms with van der Waals surface area (Å²) in [5.74, 6) is -0.268. The Kier molecular flexibility index (Phi) is 7.50. The number of rotatable bonds is 7. The van der Waals surface area contributed by atoms with Crippen LogP contribution in [-0.4, -0.2) is 59.3 Å². The minimum Gasteiger partial charge on any atom is -0.337 e. The highest BCUT2D eigenvalue weighted by Crippen LogP contribution is 2.19. The predicted molar refractivity (Wildman–Crippen MR) is 120 cm³/mol. The zero-order chi connectivity index (χ0) is 22.2. The molecule has 1 heterocycles. The van der Waals surface area contributed by atoms with Crippen molar-refractivity contribution in [1.29, 1.82) is 0 Å². The summed E-state index contributed by atoms with van der Waals surface area (Å²) >= 11 is 0. The molecule has 0 saturated carbocycles. The summed E-state index contributed by atoms with van der Waals surface area (Å²) in [4.78, 5) is 39.2. The van der Waals surface area contributed by atoms with Gasteiger partial charge in [-0.05, 0) is 30.2 Å². The molecule has 2 aromatic rings. The Hall–Kier alpha value is -3.52. The van der Waals surface area contributed by atoms with Gasteiger partial charge in [-0.3, -0.25) is 24.6 Å². The summed E-state index contributed by atoms with van der Waals surface area (Å²) in [6.45, 7) is 4.50. The highest BCUT2D eigenvalue weighted by atomic mass is 16.6. The zero-order valence-corrected chi connectivity index (χ0v) is 17.5. The first-order valence-corrected chi connectivity index (χ1v) is 10.3. The molecule has 1 fully saturated rings. The first-order valence-electron chi connectivity index (χ1n) is 10.3. The number of para-hydroxylation sites is 2. The average molecular weight is 422 g/mol. The largest absolute Gasteiger partial charge is 0.337 e. The maximum absolute atomic E-state index is 12.5. The number of aryl methyl sites for hydroxylation is 1. The average Bonchev–Trinajstić information content (AvgIpc) is 2.78. The summed E-state index contributed by atoms with van der Waals surface area (Å²) in [5, 5.41) is 14.0. The molecule has 1 aliphatic rings. The number of carbonyl (C=O) groups is 2. The van der Waals surface area contributed by atoms with Gasteiger partial charge in [-0.1, -0.05) is 37.3 Å². The van der Waals surface area contributed by atoms with E-state index in [4.69, 9.17) is 0 Å². The second-order valence-corrected chi connectivity index (χ2v) is 7.31. The molecular weight excluding hydrogens is 396 g/mol. The van der Waals surface area contributed by atoms with Gasteiger partial charge in [-0.15, -0.1) is 0 Å². The van der Waals surface area contributed by atoms with E-state index in [1.54, 1.807) is 23.1 Å². The van der Waals surface area contributed by atoms with Crippen molar-refractivity contribution >= 4 is 29.3 Å². The molecule has 0 aliphatic carbocycles. The molecule has 0 unspecified atom stereocenters. The van der Waals surface area contributed by atoms with Crippen LogP contribution in [0.2, 0.25) is 0 Å². The number of carbonyl (C=O) groups excluding carboxylic acids is 2. The molecule has 1 N–H and O–H groups in total. The fourth-order valence-corrected chi connectivity index (χ4v) is 3.53. The molecule has 8 heteroatoms. The minimum absolute atomic E-state index is 0.0352. The normalized spacial score (nSPS) is 14.5. The van der Waals surface area contributed by atoms with E-state index in [1.165, 1.54) is 18.2 Å². The van der Waals surface area contributed by atoms with Crippen molar-refractivity contribution in [2.24, 2.45) is 0 Å². The highest BCUT2D eigenvalue weighted by molar-refractivity contribution is 5.93. The van der Waals surface area contributed by atoms with Crippen molar-refractivity contribution in [3.63, 3.8) is 0 Å². The topological polar surface area (TPSA) is 95.8 Å². The fraction of sp³-hybridized carbons (Fsp3) is 0.304. The van der Waals surface area contributed by atoms with Gasteiger partial charge in [0, 0.05) is 44.0 Å². The van der Waals surface area contributed by atoms with E-state index in [0.29, 0.717) is 31.7 Å². The zero-order valence-electron chi connectivity index (χ0n) is 17.5. The van der Waals surface area contributed by atoms with Crippen molar-refractivity contribution in [2.45, 2.75) is 13.3 Å². The van der Waals surface area contributed by atoms with Crippen LogP contribution in [0.25, 0.3) is 6.08 Å². The van der Waals surface area contributed by atoms with Crippen molar-refractivity contribution in [3.8, 4) is 0 Å². The molecule has 8 nitrogen and oxygen atoms in total. The van der Waals surface area contributed by atoms with Crippen molar-refractivity contribution in [2.75, 3.05) is 38.0 Å². The number of piperazine rings is 1. The number of nitro groups is 1. The summed E-state index contributed by atoms with van der Waals surface area (Å²) in [6, 6.07) is 14.1. The first-order chi connectivity index (χ1) is 15.0. The fourth-order valence-electron chi connectivity index (χ4n) is 3.53. The first kappa shape index (κ1) is 22.2. The second kappa shape index (κ2) is 10.5. The van der Waals surface area contributed by atoms with Crippen LogP contribution in [0, 0.1) is 10.1 Å². The quantitative estimate of drug-likeness (QED) is 0.420. The minimum atomic E-state index is -0.465. The number of nitrogens with one attached hydrogen (secondary N) is 1. The van der Waals surface area contributed by atoms with Gasteiger partial charge in [-0.2, -0.15) is 0 Å². The van der Waals surface area contributed by atoms with Crippen LogP contribution in [0.5, 0.6) is 0 Å². The molecule has 2 aromatic carbocycles. The second-order valence-electron chi connectivity index (χ2n) is 7.31. The van der Waals surface area contributed by atoms with Gasteiger partial charge in [0.2, 0.25) is 11.8 Å². The molecule has 3 rings (SSSR count). The third kappa shape index (κ3) is 5.99. The van der Waals surface area contributed by atoms with Gasteiger partial charge < -0.3 is 10.2 Å². The Balaban J connectivity index is 1.49. The number of nitrogens with zero attached hydrogens (tertiary/aromatic N) is 3. The maximum atomic E-state index is 12.5. The summed E-state index contributed by atoms with van der Waals surface area (Å²) in [6.07, 6.45) is 3.69. The molecular formula is C23H26N4O4. The summed E-state index contributed by atoms with van der Waals surface area (Å²) < 4.78 is 0. The number of anilines is 1. The maximum Gasteiger partial charge on any atom is 0.276 e. The van der Waals surface area contributed by atoms with Gasteiger partial charge in [0.1, 0.15) is 0 Å². The molecule has 2 amide bonds. The Morgan fingerprint density at radius 1 is 1.06 bits per heavy atom. The standard InChI is InChI=1S/C23H26N4O4/c1-2-18-7-3-5-9-20(18)24-22(28)17-25-13-15-26(16-14-25)23(29)12-11-19-8-4-6-10-21(19)27(30)31/h3-12H,2,13-17H2,1H3,(H,24,28)/b12-11+. The molecule has 1 aliphatic heterocycles. The van der Waals surface area contributed by atoms with E-state index in [-0.39, 0.29) is 24.0 Å². The third-order valence-corrected chi connectivity index (χ3v) is 5.26. The Morgan fingerprint density at radius 3 is 2.45 bits per heavy atom. The van der Waals surface area contributed by atoms with E-state index < -0.39 is 4.92 Å². The third-order valence-electron chi connectivity index (χ3n) is 5.26. The molecule has 0 aromatic heterocycles. The Bertz CT molecular complexity index is 981. The van der Waals surface area contributed by atoms with Gasteiger partial charge in [0.15, 0.2) is 0 Å². The van der Waals surface area contributed by atoms with Crippen LogP contribution >= 0.6 is 0 Å². The Labute approximate surface area is 181 Å². The number of benzene rings is 2. The van der Waals surface area contributed by atoms with Crippen LogP contribution in [0.4, 0.5) is 11.4 Å². The summed E-state index contributed by atoms with van der Waals surface area (Å²) in [5.41, 5.74) is 2.29. The molecule has 0 radical (unpaired) electrons. The number of amides is 2. The smallest absolute Gasteiger partial charge is 0.276 e. The lowest BCUT2D eigenvalue weighted by Crippen LogP contribution is -2.50. The lowest BCUT2D eigenvalue weighted by atomic mass is 10.1. The molecule has 31 heavy (non-hydrogen) atoms. The van der Waals surface area contributed by atoms with Crippen molar-refractivity contribution < 1.29 is 14.5 Å². The van der Waals surface area contributed by atoms with Gasteiger partial charge >= 0.3 is 0 Å². The van der Waals surface area contributed by atoms with Crippen molar-refractivity contribution in [3.05, 3.63) is 75.8 Å². The monoisotopic (exact) mass is 422 g/mol. The lowest BCUT2D eigenvalue weighted by Gasteiger charge is -2.33. The van der Waals surface area contributed by atoms with E-state index in [0.717, 1.165) is 17.7 Å². The number of hydrogen-bond donors (Lipinski definition) is 1. The van der Waals surface area contributed by atoms with Crippen LogP contribution in [-0.2, 0) is 16.0 Å². The molecule has 1 saturated heterocycles. The molecule has 0 bridgehead atoms. The molecule has 0 spiro atoms. The number of hydrogen-bond acceptors (Lipinski definition) is 5. The van der Waals surface area contributed by atoms with Crippen LogP contribution in [0.3, 0.4) is 0 Å². The SMILES string of the molecule is CCc1ccccc1NC(=O)CN1CCN(C(=O)/C=C/c2ccccc2[N+](=O)[O-])CC1. The van der Waals surface area contributed by atoms with Gasteiger partial charge in [-0.25, -0.2) is 0 Å². The lowest BCUT2D eigenvalue weighted by molar-refractivity contribution is -0.385. The summed E-state index contributed by atoms with van der Waals surface area (Å²) in [7, 11) is 0. The van der Waals surface area contributed by atoms with Crippen LogP contribution in [0.1, 0.15) is 18.1 Å². The Morgan fingerprint density at radius 2 is 1.74 bits per heavy atom. The molecule has 162 valence electrons. The predicted octanol–water partition coefficient (Wildman–Crippen LogP) is 2.95. The van der Waals surface area contributed by atoms with E-state index in [2.05, 4.69) is 5.32 Å². The highest BCUT2D eigenvalue weighted by Gasteiger charge is 2.21.